The number of carbonyl (C=O) groups is 2. The van der Waals surface area contributed by atoms with Crippen molar-refractivity contribution in [3.8, 4) is 0 Å². The molecule has 5 rings (SSSR count). The van der Waals surface area contributed by atoms with Gasteiger partial charge in [0.1, 0.15) is 5.92 Å². The predicted octanol–water partition coefficient (Wildman–Crippen LogP) is 4.46. The first-order chi connectivity index (χ1) is 14.7. The number of hydrogen-bond acceptors (Lipinski definition) is 5. The number of fused-ring (bicyclic) bond motifs is 1. The van der Waals surface area contributed by atoms with E-state index in [0.29, 0.717) is 5.69 Å². The Hall–Kier alpha value is -3.09. The molecule has 0 spiro atoms. The van der Waals surface area contributed by atoms with Crippen LogP contribution < -0.4 is 9.96 Å². The lowest BCUT2D eigenvalue weighted by molar-refractivity contribution is -0.126. The molecule has 150 valence electrons. The van der Waals surface area contributed by atoms with Crippen molar-refractivity contribution in [2.45, 2.75) is 17.0 Å². The molecule has 3 atom stereocenters. The van der Waals surface area contributed by atoms with E-state index in [0.717, 1.165) is 16.1 Å². The van der Waals surface area contributed by atoms with Gasteiger partial charge in [-0.3, -0.25) is 14.4 Å². The van der Waals surface area contributed by atoms with Crippen LogP contribution in [0.3, 0.4) is 0 Å². The number of benzene rings is 3. The van der Waals surface area contributed by atoms with Gasteiger partial charge in [-0.15, -0.1) is 11.8 Å². The number of thioether (sulfide) groups is 1. The van der Waals surface area contributed by atoms with Gasteiger partial charge >= 0.3 is 0 Å². The smallest absolute Gasteiger partial charge is 0.266 e. The van der Waals surface area contributed by atoms with E-state index in [2.05, 4.69) is 0 Å². The molecule has 30 heavy (non-hydrogen) atoms. The second kappa shape index (κ2) is 7.63. The number of carbonyl (C=O) groups excluding carboxylic acids is 2. The third kappa shape index (κ3) is 3.00. The molecule has 0 bridgehead atoms. The maximum atomic E-state index is 13.5. The highest BCUT2D eigenvalue weighted by atomic mass is 32.2. The number of hydroxylamine groups is 1. The molecule has 2 heterocycles. The molecule has 0 N–H and O–H groups in total. The molecule has 2 saturated heterocycles. The molecular weight excluding hydrogens is 396 g/mol. The molecule has 0 unspecified atom stereocenters. The maximum absolute atomic E-state index is 13.5. The monoisotopic (exact) mass is 416 g/mol. The largest absolute Gasteiger partial charge is 0.273 e. The van der Waals surface area contributed by atoms with Crippen molar-refractivity contribution in [1.29, 1.82) is 0 Å². The Morgan fingerprint density at radius 2 is 1.37 bits per heavy atom. The Labute approximate surface area is 179 Å². The Morgan fingerprint density at radius 1 is 0.767 bits per heavy atom. The van der Waals surface area contributed by atoms with Crippen LogP contribution in [0.4, 0.5) is 11.4 Å². The summed E-state index contributed by atoms with van der Waals surface area (Å²) in [5.41, 5.74) is 2.34. The molecule has 2 aliphatic rings. The van der Waals surface area contributed by atoms with Crippen molar-refractivity contribution in [2.75, 3.05) is 16.2 Å². The van der Waals surface area contributed by atoms with Crippen LogP contribution in [0.1, 0.15) is 11.6 Å². The van der Waals surface area contributed by atoms with Crippen LogP contribution in [-0.4, -0.2) is 24.2 Å². The molecule has 2 aliphatic heterocycles. The van der Waals surface area contributed by atoms with Crippen LogP contribution >= 0.6 is 11.8 Å². The van der Waals surface area contributed by atoms with E-state index in [4.69, 9.17) is 4.84 Å². The molecule has 3 aromatic rings. The van der Waals surface area contributed by atoms with Gasteiger partial charge in [-0.05, 0) is 48.2 Å². The molecule has 6 heteroatoms. The molecule has 3 aromatic carbocycles. The fourth-order valence-electron chi connectivity index (χ4n) is 4.18. The molecular formula is C24H20N2O3S. The Morgan fingerprint density at radius 3 is 1.97 bits per heavy atom. The summed E-state index contributed by atoms with van der Waals surface area (Å²) in [6, 6.07) is 26.4. The number of rotatable bonds is 4. The van der Waals surface area contributed by atoms with Crippen LogP contribution in [-0.2, 0) is 14.4 Å². The minimum absolute atomic E-state index is 0.228. The minimum atomic E-state index is -0.844. The fourth-order valence-corrected chi connectivity index (χ4v) is 4.59. The highest BCUT2D eigenvalue weighted by molar-refractivity contribution is 7.98. The van der Waals surface area contributed by atoms with E-state index in [-0.39, 0.29) is 11.8 Å². The lowest BCUT2D eigenvalue weighted by Crippen LogP contribution is -2.37. The number of anilines is 2. The summed E-state index contributed by atoms with van der Waals surface area (Å²) < 4.78 is 0. The summed E-state index contributed by atoms with van der Waals surface area (Å²) in [4.78, 5) is 35.2. The minimum Gasteiger partial charge on any atom is -0.273 e. The van der Waals surface area contributed by atoms with Gasteiger partial charge in [-0.1, -0.05) is 48.5 Å². The molecule has 0 aliphatic carbocycles. The van der Waals surface area contributed by atoms with E-state index in [1.54, 1.807) is 29.0 Å². The summed E-state index contributed by atoms with van der Waals surface area (Å²) in [6.45, 7) is 0. The first-order valence-corrected chi connectivity index (χ1v) is 11.0. The number of imide groups is 1. The van der Waals surface area contributed by atoms with Gasteiger partial charge in [0.25, 0.3) is 5.91 Å². The van der Waals surface area contributed by atoms with E-state index in [1.807, 2.05) is 79.1 Å². The van der Waals surface area contributed by atoms with E-state index in [9.17, 15) is 9.59 Å². The maximum Gasteiger partial charge on any atom is 0.266 e. The normalized spacial score (nSPS) is 23.2. The van der Waals surface area contributed by atoms with Crippen LogP contribution in [0.5, 0.6) is 0 Å². The van der Waals surface area contributed by atoms with Crippen molar-refractivity contribution in [1.82, 2.24) is 0 Å². The molecule has 0 aromatic heterocycles. The highest BCUT2D eigenvalue weighted by Gasteiger charge is 2.60. The lowest BCUT2D eigenvalue weighted by atomic mass is 9.90. The van der Waals surface area contributed by atoms with Gasteiger partial charge in [0, 0.05) is 4.90 Å². The van der Waals surface area contributed by atoms with Crippen LogP contribution in [0, 0.1) is 5.92 Å². The quantitative estimate of drug-likeness (QED) is 0.464. The summed E-state index contributed by atoms with van der Waals surface area (Å²) in [6.07, 6.45) is 1.18. The van der Waals surface area contributed by atoms with Gasteiger partial charge in [-0.25, -0.2) is 9.96 Å². The Kier molecular flexibility index (Phi) is 4.81. The van der Waals surface area contributed by atoms with Gasteiger partial charge in [0.2, 0.25) is 5.91 Å². The molecule has 0 saturated carbocycles. The summed E-state index contributed by atoms with van der Waals surface area (Å²) in [7, 11) is 0. The van der Waals surface area contributed by atoms with Crippen LogP contribution in [0.2, 0.25) is 0 Å². The van der Waals surface area contributed by atoms with Crippen molar-refractivity contribution in [3.63, 3.8) is 0 Å². The topological polar surface area (TPSA) is 49.9 Å². The van der Waals surface area contributed by atoms with E-state index < -0.39 is 18.1 Å². The first kappa shape index (κ1) is 18.9. The molecule has 5 nitrogen and oxygen atoms in total. The molecule has 0 radical (unpaired) electrons. The lowest BCUT2D eigenvalue weighted by Gasteiger charge is -2.28. The Bertz CT molecular complexity index is 1070. The summed E-state index contributed by atoms with van der Waals surface area (Å²) >= 11 is 1.66. The SMILES string of the molecule is CSc1ccc([C@H]2[C@H]3C(=O)N(c4ccccc4)C(=O)[C@@H]3ON2c2ccccc2)cc1. The number of hydrogen-bond donors (Lipinski definition) is 0. The number of amides is 2. The van der Waals surface area contributed by atoms with Crippen molar-refractivity contribution in [3.05, 3.63) is 90.5 Å². The second-order valence-electron chi connectivity index (χ2n) is 7.28. The number of para-hydroxylation sites is 2. The van der Waals surface area contributed by atoms with Crippen LogP contribution in [0.25, 0.3) is 0 Å². The third-order valence-corrected chi connectivity index (χ3v) is 6.34. The summed E-state index contributed by atoms with van der Waals surface area (Å²) in [5.74, 6) is -1.16. The first-order valence-electron chi connectivity index (χ1n) is 9.77. The van der Waals surface area contributed by atoms with Crippen molar-refractivity contribution >= 4 is 35.0 Å². The zero-order chi connectivity index (χ0) is 20.7. The molecule has 2 fully saturated rings. The second-order valence-corrected chi connectivity index (χ2v) is 8.16. The fraction of sp³-hybridized carbons (Fsp3) is 0.167. The van der Waals surface area contributed by atoms with Gasteiger partial charge < -0.3 is 0 Å². The van der Waals surface area contributed by atoms with Crippen LogP contribution in [0.15, 0.2) is 89.8 Å². The van der Waals surface area contributed by atoms with E-state index >= 15 is 0 Å². The third-order valence-electron chi connectivity index (χ3n) is 5.60. The summed E-state index contributed by atoms with van der Waals surface area (Å²) in [5, 5.41) is 1.72. The van der Waals surface area contributed by atoms with Gasteiger partial charge in [0.15, 0.2) is 6.10 Å². The van der Waals surface area contributed by atoms with Gasteiger partial charge in [-0.2, -0.15) is 0 Å². The Balaban J connectivity index is 1.58. The van der Waals surface area contributed by atoms with Crippen molar-refractivity contribution in [2.24, 2.45) is 5.92 Å². The zero-order valence-corrected chi connectivity index (χ0v) is 17.2. The van der Waals surface area contributed by atoms with Crippen molar-refractivity contribution < 1.29 is 14.4 Å². The van der Waals surface area contributed by atoms with E-state index in [1.165, 1.54) is 4.90 Å². The zero-order valence-electron chi connectivity index (χ0n) is 16.3. The predicted molar refractivity (Wildman–Crippen MR) is 117 cm³/mol. The average Bonchev–Trinajstić information content (AvgIpc) is 3.31. The molecule has 2 amide bonds. The average molecular weight is 417 g/mol. The van der Waals surface area contributed by atoms with Gasteiger partial charge in [0.05, 0.1) is 17.4 Å². The standard InChI is InChI=1S/C24H20N2O3S/c1-30-19-14-12-16(13-15-19)21-20-22(29-26(21)18-10-6-3-7-11-18)24(28)25(23(20)27)17-8-4-2-5-9-17/h2-15,20-22H,1H3/t20-,21+,22-/m1/s1. The highest BCUT2D eigenvalue weighted by Crippen LogP contribution is 2.47. The number of nitrogens with zero attached hydrogens (tertiary/aromatic N) is 2.